The van der Waals surface area contributed by atoms with E-state index in [0.29, 0.717) is 4.31 Å². The summed E-state index contributed by atoms with van der Waals surface area (Å²) in [5.74, 6) is -5.28. The lowest BCUT2D eigenvalue weighted by Gasteiger charge is -2.37. The highest BCUT2D eigenvalue weighted by molar-refractivity contribution is 7.88. The molecule has 2 fully saturated rings. The molecule has 0 aromatic carbocycles. The molecular formula is C17H23ClF7N8O7S3+. The monoisotopic (exact) mass is 715 g/mol. The van der Waals surface area contributed by atoms with E-state index in [9.17, 15) is 47.6 Å². The number of aryl methyl sites for hydroxylation is 1. The van der Waals surface area contributed by atoms with E-state index in [2.05, 4.69) is 15.3 Å². The summed E-state index contributed by atoms with van der Waals surface area (Å²) >= 11 is 0. The summed E-state index contributed by atoms with van der Waals surface area (Å²) in [5.41, 5.74) is -5.53. The number of halogens is 8. The van der Waals surface area contributed by atoms with Gasteiger partial charge in [0.25, 0.3) is 18.2 Å². The molecule has 246 valence electrons. The van der Waals surface area contributed by atoms with Crippen LogP contribution in [-0.4, -0.2) is 99.5 Å². The maximum absolute atomic E-state index is 12.4. The lowest BCUT2D eigenvalue weighted by atomic mass is 10.2. The number of hydrogen-bond acceptors (Lipinski definition) is 9. The molecule has 15 nitrogen and oxygen atoms in total. The Morgan fingerprint density at radius 3 is 1.49 bits per heavy atom. The van der Waals surface area contributed by atoms with Crippen molar-refractivity contribution in [2.75, 3.05) is 26.2 Å². The molecule has 0 amide bonds. The van der Waals surface area contributed by atoms with E-state index in [0.717, 1.165) is 18.2 Å². The van der Waals surface area contributed by atoms with Crippen molar-refractivity contribution in [3.05, 3.63) is 56.2 Å². The Labute approximate surface area is 246 Å². The van der Waals surface area contributed by atoms with E-state index in [-0.39, 0.29) is 25.5 Å². The second-order valence-electron chi connectivity index (χ2n) is 8.21. The van der Waals surface area contributed by atoms with Crippen LogP contribution in [0.1, 0.15) is 0 Å². The van der Waals surface area contributed by atoms with Crippen molar-refractivity contribution in [1.82, 2.24) is 31.5 Å². The topological polar surface area (TPSA) is 182 Å². The van der Waals surface area contributed by atoms with Crippen LogP contribution in [0.15, 0.2) is 56.2 Å². The zero-order valence-electron chi connectivity index (χ0n) is 21.3. The second-order valence-corrected chi connectivity index (χ2v) is 13.2. The molecule has 3 aromatic heterocycles. The number of nitrogens with zero attached hydrogens (tertiary/aromatic N) is 7. The van der Waals surface area contributed by atoms with Crippen LogP contribution in [0.5, 0.6) is 0 Å². The summed E-state index contributed by atoms with van der Waals surface area (Å²) in [4.78, 5) is 7.22. The molecular weight excluding hydrogens is 693 g/mol. The molecule has 2 saturated heterocycles. The largest absolute Gasteiger partial charge is 0.522 e. The zero-order chi connectivity index (χ0) is 32.2. The van der Waals surface area contributed by atoms with Gasteiger partial charge in [-0.3, -0.25) is 4.55 Å². The minimum Gasteiger partial charge on any atom is -0.305 e. The average Bonchev–Trinajstić information content (AvgIpc) is 3.59. The second kappa shape index (κ2) is 13.9. The van der Waals surface area contributed by atoms with Crippen molar-refractivity contribution in [1.29, 1.82) is 0 Å². The number of aromatic nitrogens is 6. The highest BCUT2D eigenvalue weighted by Crippen LogP contribution is 2.29. The quantitative estimate of drug-likeness (QED) is 0.163. The van der Waals surface area contributed by atoms with E-state index >= 15 is 0 Å². The van der Waals surface area contributed by atoms with Crippen molar-refractivity contribution in [3.63, 3.8) is 0 Å². The molecule has 26 heteroatoms. The summed E-state index contributed by atoms with van der Waals surface area (Å²) in [6.07, 6.45) is 12.2. The predicted molar refractivity (Wildman–Crippen MR) is 133 cm³/mol. The van der Waals surface area contributed by atoms with Crippen LogP contribution in [-0.2, 0) is 37.6 Å². The fourth-order valence-corrected chi connectivity index (χ4v) is 4.95. The number of nitrogens with one attached hydrogen (secondary N) is 1. The van der Waals surface area contributed by atoms with Gasteiger partial charge < -0.3 is 5.32 Å². The lowest BCUT2D eigenvalue weighted by Crippen LogP contribution is -2.59. The first-order valence-electron chi connectivity index (χ1n) is 10.7. The van der Waals surface area contributed by atoms with Gasteiger partial charge >= 0.3 is 36.0 Å². The third kappa shape index (κ3) is 10.7. The summed E-state index contributed by atoms with van der Waals surface area (Å²) in [6.45, 7) is -1.78. The molecule has 0 spiro atoms. The normalized spacial score (nSPS) is 17.6. The van der Waals surface area contributed by atoms with E-state index in [1.807, 2.05) is 0 Å². The third-order valence-corrected chi connectivity index (χ3v) is 8.45. The zero-order valence-corrected chi connectivity index (χ0v) is 24.6. The molecule has 0 radical (unpaired) electrons. The van der Waals surface area contributed by atoms with Gasteiger partial charge in [-0.1, -0.05) is 0 Å². The van der Waals surface area contributed by atoms with Crippen molar-refractivity contribution in [3.8, 4) is 0 Å². The van der Waals surface area contributed by atoms with Crippen LogP contribution in [0.25, 0.3) is 0 Å². The first kappa shape index (κ1) is 38.2. The average molecular weight is 716 g/mol. The molecule has 43 heavy (non-hydrogen) atoms. The maximum Gasteiger partial charge on any atom is 0.522 e. The van der Waals surface area contributed by atoms with Gasteiger partial charge in [0.05, 0.1) is 33.2 Å². The van der Waals surface area contributed by atoms with Gasteiger partial charge in [0.1, 0.15) is 25.0 Å². The van der Waals surface area contributed by atoms with Crippen LogP contribution in [0.3, 0.4) is 0 Å². The first-order valence-corrected chi connectivity index (χ1v) is 15.0. The minimum absolute atomic E-state index is 0. The van der Waals surface area contributed by atoms with Crippen LogP contribution in [0.4, 0.5) is 30.7 Å². The molecule has 5 heterocycles. The summed E-state index contributed by atoms with van der Waals surface area (Å²) < 4.78 is 157. The number of alkyl halides is 7. The molecule has 0 atom stereocenters. The van der Waals surface area contributed by atoms with E-state index in [1.54, 1.807) is 17.8 Å². The van der Waals surface area contributed by atoms with E-state index in [1.165, 1.54) is 43.6 Å². The Morgan fingerprint density at radius 1 is 0.814 bits per heavy atom. The molecule has 0 unspecified atom stereocenters. The molecule has 0 aliphatic carbocycles. The smallest absolute Gasteiger partial charge is 0.305 e. The molecule has 3 aromatic rings. The molecule has 2 N–H and O–H groups in total. The van der Waals surface area contributed by atoms with Gasteiger partial charge in [-0.25, -0.2) is 36.1 Å². The van der Waals surface area contributed by atoms with E-state index in [4.69, 9.17) is 13.0 Å². The van der Waals surface area contributed by atoms with Gasteiger partial charge in [0.15, 0.2) is 0 Å². The molecule has 0 saturated carbocycles. The number of imidazole rings is 3. The Hall–Kier alpha value is -2.84. The molecule has 5 rings (SSSR count). The van der Waals surface area contributed by atoms with Gasteiger partial charge in [0.2, 0.25) is 0 Å². The minimum atomic E-state index is -5.84. The standard InChI is InChI=1S/C7H9N4O2S.C6H7F2N3O2S.C3H5F2N.CHF3O3S.ClH/c1-9-4-5-11(7-9)14(12,13)10-3-2-8-6-10;7-6(8)3-11(4-6)14(12,13)10-2-1-9-5-10;4-3(5)1-6-2-3;2-1(3,4)8(5,6)7;/h2-7H,1H3;1-2,5H,3-4H2;6H,1-2H2;(H,5,6,7);1H/q+1;;;;. The van der Waals surface area contributed by atoms with Crippen LogP contribution in [0, 0.1) is 0 Å². The van der Waals surface area contributed by atoms with Crippen LogP contribution in [0.2, 0.25) is 0 Å². The van der Waals surface area contributed by atoms with Crippen molar-refractivity contribution < 1.29 is 65.1 Å². The van der Waals surface area contributed by atoms with Crippen LogP contribution >= 0.6 is 12.4 Å². The molecule has 2 aliphatic rings. The Balaban J connectivity index is 0.000000300. The number of rotatable bonds is 4. The molecule has 2 aliphatic heterocycles. The highest BCUT2D eigenvalue weighted by Gasteiger charge is 2.50. The molecule has 0 bridgehead atoms. The highest BCUT2D eigenvalue weighted by atomic mass is 35.5. The fraction of sp³-hybridized carbons (Fsp3) is 0.471. The van der Waals surface area contributed by atoms with E-state index < -0.39 is 61.0 Å². The Morgan fingerprint density at radius 2 is 1.23 bits per heavy atom. The SMILES string of the molecule is C[n+]1ccn(S(=O)(=O)n2ccnc2)c1.Cl.FC1(F)CNC1.O=S(=O)(N1CC(F)(F)C1)n1ccnc1.O=S(=O)(O)C(F)(F)F. The predicted octanol–water partition coefficient (Wildman–Crippen LogP) is 0.118. The first-order chi connectivity index (χ1) is 19.0. The Kier molecular flexibility index (Phi) is 12.3. The van der Waals surface area contributed by atoms with Gasteiger partial charge in [-0.2, -0.15) is 46.7 Å². The fourth-order valence-electron chi connectivity index (χ4n) is 2.52. The maximum atomic E-state index is 12.4. The summed E-state index contributed by atoms with van der Waals surface area (Å²) in [5, 5.41) is 2.45. The third-order valence-electron chi connectivity index (χ3n) is 4.71. The van der Waals surface area contributed by atoms with Gasteiger partial charge in [-0.05, 0) is 0 Å². The van der Waals surface area contributed by atoms with Gasteiger partial charge in [-0.15, -0.1) is 16.4 Å². The van der Waals surface area contributed by atoms with Gasteiger partial charge in [0, 0.05) is 24.8 Å². The van der Waals surface area contributed by atoms with Crippen molar-refractivity contribution in [2.45, 2.75) is 17.4 Å². The van der Waals surface area contributed by atoms with Crippen LogP contribution < -0.4 is 9.88 Å². The Bertz CT molecular complexity index is 1620. The number of hydrogen-bond donors (Lipinski definition) is 2. The lowest BCUT2D eigenvalue weighted by molar-refractivity contribution is -0.670. The summed E-state index contributed by atoms with van der Waals surface area (Å²) in [7, 11) is -11.4. The van der Waals surface area contributed by atoms with Crippen molar-refractivity contribution in [2.24, 2.45) is 7.05 Å². The summed E-state index contributed by atoms with van der Waals surface area (Å²) in [6, 6.07) is 0. The van der Waals surface area contributed by atoms with Crippen molar-refractivity contribution >= 4 is 42.9 Å².